The lowest BCUT2D eigenvalue weighted by Gasteiger charge is -2.17. The summed E-state index contributed by atoms with van der Waals surface area (Å²) in [6.45, 7) is 4.08. The van der Waals surface area contributed by atoms with Gasteiger partial charge >= 0.3 is 0 Å². The first-order valence-corrected chi connectivity index (χ1v) is 4.55. The SMILES string of the molecule is C=O.COc1ccc2c(c1)CNCC2. The lowest BCUT2D eigenvalue weighted by molar-refractivity contribution is -0.0979. The van der Waals surface area contributed by atoms with Crippen LogP contribution in [0.3, 0.4) is 0 Å². The third-order valence-corrected chi connectivity index (χ3v) is 2.30. The molecule has 0 aliphatic carbocycles. The van der Waals surface area contributed by atoms with Crippen molar-refractivity contribution < 1.29 is 9.53 Å². The van der Waals surface area contributed by atoms with Gasteiger partial charge in [0.05, 0.1) is 7.11 Å². The van der Waals surface area contributed by atoms with Gasteiger partial charge in [0.25, 0.3) is 0 Å². The maximum atomic E-state index is 8.00. The molecule has 1 heterocycles. The molecule has 1 aromatic rings. The van der Waals surface area contributed by atoms with Crippen LogP contribution in [0.2, 0.25) is 0 Å². The van der Waals surface area contributed by atoms with Gasteiger partial charge in [-0.25, -0.2) is 0 Å². The Kier molecular flexibility index (Phi) is 4.13. The third-order valence-electron chi connectivity index (χ3n) is 2.30. The molecule has 0 amide bonds. The Balaban J connectivity index is 0.000000461. The number of methoxy groups -OCH3 is 1. The molecule has 14 heavy (non-hydrogen) atoms. The molecule has 1 aliphatic rings. The zero-order chi connectivity index (χ0) is 10.4. The number of carbonyl (C=O) groups is 1. The lowest BCUT2D eigenvalue weighted by atomic mass is 10.0. The van der Waals surface area contributed by atoms with Crippen LogP contribution >= 0.6 is 0 Å². The van der Waals surface area contributed by atoms with Crippen molar-refractivity contribution in [3.8, 4) is 5.75 Å². The van der Waals surface area contributed by atoms with Crippen LogP contribution in [0.15, 0.2) is 18.2 Å². The van der Waals surface area contributed by atoms with Gasteiger partial charge < -0.3 is 14.8 Å². The van der Waals surface area contributed by atoms with Crippen LogP contribution in [-0.2, 0) is 17.8 Å². The number of fused-ring (bicyclic) bond motifs is 1. The number of hydrogen-bond donors (Lipinski definition) is 1. The molecule has 76 valence electrons. The molecule has 0 saturated carbocycles. The molecular formula is C11H15NO2. The van der Waals surface area contributed by atoms with E-state index in [0.29, 0.717) is 0 Å². The Labute approximate surface area is 84.1 Å². The number of hydrogen-bond acceptors (Lipinski definition) is 3. The van der Waals surface area contributed by atoms with Crippen LogP contribution in [0.25, 0.3) is 0 Å². The summed E-state index contributed by atoms with van der Waals surface area (Å²) >= 11 is 0. The molecule has 0 spiro atoms. The highest BCUT2D eigenvalue weighted by Gasteiger charge is 2.08. The van der Waals surface area contributed by atoms with E-state index in [2.05, 4.69) is 17.4 Å². The molecule has 3 heteroatoms. The van der Waals surface area contributed by atoms with Crippen molar-refractivity contribution in [2.24, 2.45) is 0 Å². The maximum absolute atomic E-state index is 8.00. The number of ether oxygens (including phenoxy) is 1. The molecule has 0 atom stereocenters. The van der Waals surface area contributed by atoms with Gasteiger partial charge in [-0.3, -0.25) is 0 Å². The number of nitrogens with one attached hydrogen (secondary N) is 1. The molecule has 0 unspecified atom stereocenters. The molecule has 0 fully saturated rings. The quantitative estimate of drug-likeness (QED) is 0.727. The Hall–Kier alpha value is -1.35. The lowest BCUT2D eigenvalue weighted by Crippen LogP contribution is -2.23. The molecule has 3 nitrogen and oxygen atoms in total. The number of benzene rings is 1. The predicted molar refractivity (Wildman–Crippen MR) is 55.5 cm³/mol. The van der Waals surface area contributed by atoms with Gasteiger partial charge in [-0.15, -0.1) is 0 Å². The Bertz CT molecular complexity index is 299. The summed E-state index contributed by atoms with van der Waals surface area (Å²) < 4.78 is 5.15. The average Bonchev–Trinajstić information content (AvgIpc) is 2.31. The summed E-state index contributed by atoms with van der Waals surface area (Å²) in [5.41, 5.74) is 2.83. The van der Waals surface area contributed by atoms with Crippen molar-refractivity contribution in [2.45, 2.75) is 13.0 Å². The van der Waals surface area contributed by atoms with Gasteiger partial charge in [-0.1, -0.05) is 6.07 Å². The highest BCUT2D eigenvalue weighted by molar-refractivity contribution is 5.36. The number of carbonyl (C=O) groups excluding carboxylic acids is 1. The van der Waals surface area contributed by atoms with Crippen molar-refractivity contribution in [3.63, 3.8) is 0 Å². The Morgan fingerprint density at radius 1 is 1.36 bits per heavy atom. The molecule has 0 saturated heterocycles. The van der Waals surface area contributed by atoms with E-state index in [9.17, 15) is 0 Å². The van der Waals surface area contributed by atoms with Gasteiger partial charge in [0.1, 0.15) is 12.5 Å². The van der Waals surface area contributed by atoms with E-state index in [-0.39, 0.29) is 0 Å². The van der Waals surface area contributed by atoms with E-state index >= 15 is 0 Å². The number of rotatable bonds is 1. The second kappa shape index (κ2) is 5.40. The van der Waals surface area contributed by atoms with Crippen molar-refractivity contribution >= 4 is 6.79 Å². The minimum absolute atomic E-state index is 0.956. The van der Waals surface area contributed by atoms with E-state index < -0.39 is 0 Å². The highest BCUT2D eigenvalue weighted by Crippen LogP contribution is 2.19. The van der Waals surface area contributed by atoms with Crippen LogP contribution < -0.4 is 10.1 Å². The van der Waals surface area contributed by atoms with Crippen molar-refractivity contribution in [1.82, 2.24) is 5.32 Å². The van der Waals surface area contributed by atoms with Crippen LogP contribution in [0.1, 0.15) is 11.1 Å². The maximum Gasteiger partial charge on any atom is 0.119 e. The molecule has 1 N–H and O–H groups in total. The molecule has 1 aliphatic heterocycles. The van der Waals surface area contributed by atoms with Crippen molar-refractivity contribution in [1.29, 1.82) is 0 Å². The van der Waals surface area contributed by atoms with E-state index in [4.69, 9.17) is 9.53 Å². The fraction of sp³-hybridized carbons (Fsp3) is 0.364. The first-order valence-electron chi connectivity index (χ1n) is 4.55. The van der Waals surface area contributed by atoms with Crippen LogP contribution in [0.4, 0.5) is 0 Å². The van der Waals surface area contributed by atoms with Crippen LogP contribution in [0, 0.1) is 0 Å². The standard InChI is InChI=1S/C10H13NO.CH2O/c1-12-10-3-2-8-4-5-11-7-9(8)6-10;1-2/h2-3,6,11H,4-5,7H2,1H3;1H2. The molecule has 2 rings (SSSR count). The Morgan fingerprint density at radius 2 is 2.14 bits per heavy atom. The van der Waals surface area contributed by atoms with Gasteiger partial charge in [-0.05, 0) is 36.2 Å². The fourth-order valence-corrected chi connectivity index (χ4v) is 1.58. The summed E-state index contributed by atoms with van der Waals surface area (Å²) in [5, 5.41) is 3.34. The molecular weight excluding hydrogens is 178 g/mol. The zero-order valence-corrected chi connectivity index (χ0v) is 8.38. The van der Waals surface area contributed by atoms with Crippen molar-refractivity contribution in [3.05, 3.63) is 29.3 Å². The average molecular weight is 193 g/mol. The zero-order valence-electron chi connectivity index (χ0n) is 8.38. The molecule has 1 aromatic carbocycles. The van der Waals surface area contributed by atoms with Crippen molar-refractivity contribution in [2.75, 3.05) is 13.7 Å². The topological polar surface area (TPSA) is 38.3 Å². The fourth-order valence-electron chi connectivity index (χ4n) is 1.58. The van der Waals surface area contributed by atoms with E-state index in [0.717, 1.165) is 25.3 Å². The summed E-state index contributed by atoms with van der Waals surface area (Å²) in [6, 6.07) is 6.31. The Morgan fingerprint density at radius 3 is 2.86 bits per heavy atom. The van der Waals surface area contributed by atoms with Gasteiger partial charge in [0, 0.05) is 6.54 Å². The molecule has 0 aromatic heterocycles. The van der Waals surface area contributed by atoms with E-state index in [1.165, 1.54) is 11.1 Å². The van der Waals surface area contributed by atoms with Gasteiger partial charge in [0.15, 0.2) is 0 Å². The van der Waals surface area contributed by atoms with Gasteiger partial charge in [0.2, 0.25) is 0 Å². The monoisotopic (exact) mass is 193 g/mol. The largest absolute Gasteiger partial charge is 0.497 e. The summed E-state index contributed by atoms with van der Waals surface area (Å²) in [5.74, 6) is 0.956. The molecule has 0 radical (unpaired) electrons. The first-order chi connectivity index (χ1) is 6.90. The van der Waals surface area contributed by atoms with Gasteiger partial charge in [-0.2, -0.15) is 0 Å². The third kappa shape index (κ3) is 2.33. The minimum atomic E-state index is 0.956. The minimum Gasteiger partial charge on any atom is -0.497 e. The second-order valence-electron chi connectivity index (χ2n) is 3.06. The normalized spacial score (nSPS) is 13.5. The van der Waals surface area contributed by atoms with E-state index in [1.807, 2.05) is 12.9 Å². The molecule has 0 bridgehead atoms. The van der Waals surface area contributed by atoms with Crippen LogP contribution in [-0.4, -0.2) is 20.4 Å². The first kappa shape index (κ1) is 10.7. The summed E-state index contributed by atoms with van der Waals surface area (Å²) in [4.78, 5) is 8.00. The smallest absolute Gasteiger partial charge is 0.119 e. The highest BCUT2D eigenvalue weighted by atomic mass is 16.5. The summed E-state index contributed by atoms with van der Waals surface area (Å²) in [6.07, 6.45) is 1.14. The summed E-state index contributed by atoms with van der Waals surface area (Å²) in [7, 11) is 1.71. The predicted octanol–water partition coefficient (Wildman–Crippen LogP) is 1.16. The second-order valence-corrected chi connectivity index (χ2v) is 3.06. The van der Waals surface area contributed by atoms with E-state index in [1.54, 1.807) is 7.11 Å². The van der Waals surface area contributed by atoms with Crippen LogP contribution in [0.5, 0.6) is 5.75 Å².